The number of methoxy groups -OCH3 is 1. The van der Waals surface area contributed by atoms with Crippen molar-refractivity contribution >= 4 is 17.3 Å². The molecule has 1 N–H and O–H groups in total. The van der Waals surface area contributed by atoms with E-state index in [-0.39, 0.29) is 12.1 Å². The van der Waals surface area contributed by atoms with Crippen molar-refractivity contribution < 1.29 is 32.0 Å². The first kappa shape index (κ1) is 24.5. The van der Waals surface area contributed by atoms with Gasteiger partial charge in [0.15, 0.2) is 0 Å². The Morgan fingerprint density at radius 1 is 1.14 bits per heavy atom. The van der Waals surface area contributed by atoms with Gasteiger partial charge >= 0.3 is 6.18 Å². The molecule has 1 saturated heterocycles. The molecule has 0 saturated carbocycles. The Kier molecular flexibility index (Phi) is 7.54. The average Bonchev–Trinajstić information content (AvgIpc) is 3.33. The lowest BCUT2D eigenvalue weighted by molar-refractivity contribution is -0.136. The van der Waals surface area contributed by atoms with Crippen molar-refractivity contribution in [3.05, 3.63) is 53.9 Å². The molecule has 2 heterocycles. The van der Waals surface area contributed by atoms with Crippen LogP contribution in [-0.4, -0.2) is 49.5 Å². The van der Waals surface area contributed by atoms with Crippen LogP contribution in [0, 0.1) is 0 Å². The van der Waals surface area contributed by atoms with Crippen LogP contribution in [0.1, 0.15) is 24.3 Å². The van der Waals surface area contributed by atoms with Crippen LogP contribution in [0.3, 0.4) is 0 Å². The van der Waals surface area contributed by atoms with E-state index in [1.807, 2.05) is 4.90 Å². The number of rotatable bonds is 8. The predicted molar refractivity (Wildman–Crippen MR) is 122 cm³/mol. The van der Waals surface area contributed by atoms with Crippen molar-refractivity contribution in [1.82, 2.24) is 10.1 Å². The molecule has 3 aromatic rings. The number of ether oxygens (including phenoxy) is 2. The summed E-state index contributed by atoms with van der Waals surface area (Å²) in [7, 11) is 1.57. The number of anilines is 2. The van der Waals surface area contributed by atoms with Gasteiger partial charge in [0.2, 0.25) is 17.6 Å². The van der Waals surface area contributed by atoms with Gasteiger partial charge in [-0.05, 0) is 48.9 Å². The second-order valence-electron chi connectivity index (χ2n) is 7.97. The summed E-state index contributed by atoms with van der Waals surface area (Å²) in [6.07, 6.45) is -3.95. The maximum Gasteiger partial charge on any atom is 0.418 e. The van der Waals surface area contributed by atoms with Crippen LogP contribution in [0.15, 0.2) is 47.0 Å². The highest BCUT2D eigenvalue weighted by atomic mass is 19.4. The Morgan fingerprint density at radius 2 is 1.89 bits per heavy atom. The lowest BCUT2D eigenvalue weighted by Crippen LogP contribution is -2.36. The fraction of sp³-hybridized carbons (Fsp3) is 0.375. The number of aryl methyl sites for hydroxylation is 1. The van der Waals surface area contributed by atoms with Crippen molar-refractivity contribution in [1.29, 1.82) is 0 Å². The van der Waals surface area contributed by atoms with Crippen molar-refractivity contribution in [2.24, 2.45) is 0 Å². The van der Waals surface area contributed by atoms with Gasteiger partial charge in [0.1, 0.15) is 5.75 Å². The van der Waals surface area contributed by atoms with Gasteiger partial charge in [0.25, 0.3) is 0 Å². The molecule has 11 heteroatoms. The summed E-state index contributed by atoms with van der Waals surface area (Å²) in [6, 6.07) is 11.1. The lowest BCUT2D eigenvalue weighted by Gasteiger charge is -2.29. The molecule has 35 heavy (non-hydrogen) atoms. The second-order valence-corrected chi connectivity index (χ2v) is 7.97. The van der Waals surface area contributed by atoms with Gasteiger partial charge in [-0.15, -0.1) is 0 Å². The Morgan fingerprint density at radius 3 is 2.57 bits per heavy atom. The van der Waals surface area contributed by atoms with Crippen LogP contribution in [0.25, 0.3) is 11.4 Å². The van der Waals surface area contributed by atoms with Crippen LogP contribution >= 0.6 is 0 Å². The molecule has 1 aromatic heterocycles. The zero-order valence-electron chi connectivity index (χ0n) is 19.1. The van der Waals surface area contributed by atoms with Gasteiger partial charge in [0, 0.05) is 37.2 Å². The third kappa shape index (κ3) is 6.30. The van der Waals surface area contributed by atoms with Crippen molar-refractivity contribution in [2.45, 2.75) is 25.4 Å². The van der Waals surface area contributed by atoms with Crippen molar-refractivity contribution in [2.75, 3.05) is 43.6 Å². The first-order valence-electron chi connectivity index (χ1n) is 11.1. The van der Waals surface area contributed by atoms with Gasteiger partial charge < -0.3 is 24.2 Å². The standard InChI is InChI=1S/C24H25F3N4O4/c1-33-18-8-5-16(6-9-18)23-29-22(35-30-23)4-2-3-21(32)28-20-10-7-17(15-19(20)24(25,26)27)31-11-13-34-14-12-31/h5-10,15H,2-4,11-14H2,1H3,(H,28,32). The summed E-state index contributed by atoms with van der Waals surface area (Å²) in [5.74, 6) is 0.925. The van der Waals surface area contributed by atoms with E-state index in [0.717, 1.165) is 11.6 Å². The minimum atomic E-state index is -4.60. The topological polar surface area (TPSA) is 89.7 Å². The number of amides is 1. The molecular weight excluding hydrogens is 465 g/mol. The number of carbonyl (C=O) groups is 1. The number of nitrogens with one attached hydrogen (secondary N) is 1. The minimum Gasteiger partial charge on any atom is -0.497 e. The van der Waals surface area contributed by atoms with Gasteiger partial charge in [-0.3, -0.25) is 4.79 Å². The van der Waals surface area contributed by atoms with E-state index in [1.54, 1.807) is 37.4 Å². The molecule has 8 nitrogen and oxygen atoms in total. The number of benzene rings is 2. The SMILES string of the molecule is COc1ccc(-c2noc(CCCC(=O)Nc3ccc(N4CCOCC4)cc3C(F)(F)F)n2)cc1. The van der Waals surface area contributed by atoms with Gasteiger partial charge in [0.05, 0.1) is 31.6 Å². The van der Waals surface area contributed by atoms with E-state index in [0.29, 0.717) is 62.3 Å². The number of hydrogen-bond donors (Lipinski definition) is 1. The summed E-state index contributed by atoms with van der Waals surface area (Å²) in [5.41, 5.74) is 0.0522. The number of morpholine rings is 1. The van der Waals surface area contributed by atoms with Crippen molar-refractivity contribution in [3.63, 3.8) is 0 Å². The molecule has 0 radical (unpaired) electrons. The van der Waals surface area contributed by atoms with Gasteiger partial charge in [-0.25, -0.2) is 0 Å². The molecule has 0 aliphatic carbocycles. The molecule has 1 amide bonds. The first-order chi connectivity index (χ1) is 16.8. The Balaban J connectivity index is 1.34. The predicted octanol–water partition coefficient (Wildman–Crippen LogP) is 4.56. The Hall–Kier alpha value is -3.60. The zero-order chi connectivity index (χ0) is 24.8. The molecule has 0 unspecified atom stereocenters. The second kappa shape index (κ2) is 10.8. The first-order valence-corrected chi connectivity index (χ1v) is 11.1. The molecule has 2 aromatic carbocycles. The molecule has 1 aliphatic heterocycles. The highest BCUT2D eigenvalue weighted by molar-refractivity contribution is 5.92. The molecule has 0 spiro atoms. The molecule has 0 atom stereocenters. The average molecular weight is 490 g/mol. The van der Waals surface area contributed by atoms with Crippen LogP contribution in [-0.2, 0) is 22.1 Å². The summed E-state index contributed by atoms with van der Waals surface area (Å²) >= 11 is 0. The molecule has 4 rings (SSSR count). The number of aromatic nitrogens is 2. The van der Waals surface area contributed by atoms with Crippen LogP contribution < -0.4 is 15.0 Å². The lowest BCUT2D eigenvalue weighted by atomic mass is 10.1. The molecule has 0 bridgehead atoms. The third-order valence-electron chi connectivity index (χ3n) is 5.57. The number of carbonyl (C=O) groups excluding carboxylic acids is 1. The largest absolute Gasteiger partial charge is 0.497 e. The number of nitrogens with zero attached hydrogens (tertiary/aromatic N) is 3. The van der Waals surface area contributed by atoms with E-state index >= 15 is 0 Å². The zero-order valence-corrected chi connectivity index (χ0v) is 19.1. The number of alkyl halides is 3. The van der Waals surface area contributed by atoms with Gasteiger partial charge in [-0.2, -0.15) is 18.2 Å². The number of hydrogen-bond acceptors (Lipinski definition) is 7. The molecular formula is C24H25F3N4O4. The van der Waals surface area contributed by atoms with E-state index in [1.165, 1.54) is 6.07 Å². The van der Waals surface area contributed by atoms with Crippen LogP contribution in [0.5, 0.6) is 5.75 Å². The summed E-state index contributed by atoms with van der Waals surface area (Å²) in [5, 5.41) is 6.32. The summed E-state index contributed by atoms with van der Waals surface area (Å²) in [6.45, 7) is 1.95. The normalized spacial score (nSPS) is 14.1. The molecule has 186 valence electrons. The minimum absolute atomic E-state index is 0.00274. The van der Waals surface area contributed by atoms with E-state index in [2.05, 4.69) is 15.5 Å². The van der Waals surface area contributed by atoms with Gasteiger partial charge in [-0.1, -0.05) is 5.16 Å². The smallest absolute Gasteiger partial charge is 0.418 e. The Bertz CT molecular complexity index is 1140. The quantitative estimate of drug-likeness (QED) is 0.495. The third-order valence-corrected chi connectivity index (χ3v) is 5.57. The van der Waals surface area contributed by atoms with Crippen molar-refractivity contribution in [3.8, 4) is 17.1 Å². The summed E-state index contributed by atoms with van der Waals surface area (Å²) in [4.78, 5) is 18.5. The highest BCUT2D eigenvalue weighted by Gasteiger charge is 2.34. The fourth-order valence-corrected chi connectivity index (χ4v) is 3.72. The molecule has 1 aliphatic rings. The van der Waals surface area contributed by atoms with E-state index in [9.17, 15) is 18.0 Å². The number of halogens is 3. The summed E-state index contributed by atoms with van der Waals surface area (Å²) < 4.78 is 56.6. The van der Waals surface area contributed by atoms with Crippen LogP contribution in [0.4, 0.5) is 24.5 Å². The Labute approximate surface area is 200 Å². The van der Waals surface area contributed by atoms with E-state index < -0.39 is 17.6 Å². The highest BCUT2D eigenvalue weighted by Crippen LogP contribution is 2.37. The van der Waals surface area contributed by atoms with Crippen LogP contribution in [0.2, 0.25) is 0 Å². The fourth-order valence-electron chi connectivity index (χ4n) is 3.72. The molecule has 1 fully saturated rings. The monoisotopic (exact) mass is 490 g/mol. The van der Waals surface area contributed by atoms with E-state index in [4.69, 9.17) is 14.0 Å². The maximum absolute atomic E-state index is 13.7. The maximum atomic E-state index is 13.7.